The standard InChI is InChI=1S/C11H19NO/c1-8(2)12-10-6-4-3-5-9(10)7-11(12)13/h8-10H,3-7H2,1-2H3. The summed E-state index contributed by atoms with van der Waals surface area (Å²) in [5.41, 5.74) is 0. The predicted molar refractivity (Wildman–Crippen MR) is 52.3 cm³/mol. The van der Waals surface area contributed by atoms with E-state index in [2.05, 4.69) is 18.7 Å². The molecule has 2 unspecified atom stereocenters. The molecule has 0 radical (unpaired) electrons. The summed E-state index contributed by atoms with van der Waals surface area (Å²) < 4.78 is 0. The molecule has 2 aliphatic rings. The molecule has 13 heavy (non-hydrogen) atoms. The number of likely N-dealkylation sites (tertiary alicyclic amines) is 1. The number of hydrogen-bond donors (Lipinski definition) is 0. The van der Waals surface area contributed by atoms with E-state index in [0.717, 1.165) is 6.42 Å². The fourth-order valence-electron chi connectivity index (χ4n) is 2.98. The maximum absolute atomic E-state index is 11.7. The average molecular weight is 181 g/mol. The normalized spacial score (nSPS) is 34.1. The Labute approximate surface area is 80.3 Å². The van der Waals surface area contributed by atoms with Gasteiger partial charge in [0.2, 0.25) is 5.91 Å². The Bertz CT molecular complexity index is 212. The van der Waals surface area contributed by atoms with Gasteiger partial charge in [0.25, 0.3) is 0 Å². The topological polar surface area (TPSA) is 20.3 Å². The molecule has 0 aromatic rings. The molecule has 2 fully saturated rings. The zero-order valence-corrected chi connectivity index (χ0v) is 8.62. The lowest BCUT2D eigenvalue weighted by atomic mass is 9.85. The van der Waals surface area contributed by atoms with Gasteiger partial charge in [0.15, 0.2) is 0 Å². The Balaban J connectivity index is 2.13. The number of nitrogens with zero attached hydrogens (tertiary/aromatic N) is 1. The van der Waals surface area contributed by atoms with Gasteiger partial charge >= 0.3 is 0 Å². The van der Waals surface area contributed by atoms with Gasteiger partial charge in [-0.3, -0.25) is 4.79 Å². The summed E-state index contributed by atoms with van der Waals surface area (Å²) in [4.78, 5) is 13.8. The first-order chi connectivity index (χ1) is 6.20. The van der Waals surface area contributed by atoms with Crippen LogP contribution in [0.2, 0.25) is 0 Å². The van der Waals surface area contributed by atoms with E-state index in [1.807, 2.05) is 0 Å². The minimum atomic E-state index is 0.395. The second kappa shape index (κ2) is 3.32. The zero-order valence-electron chi connectivity index (χ0n) is 8.62. The number of hydrogen-bond acceptors (Lipinski definition) is 1. The number of amides is 1. The summed E-state index contributed by atoms with van der Waals surface area (Å²) in [6.45, 7) is 4.27. The van der Waals surface area contributed by atoms with Crippen LogP contribution in [0.3, 0.4) is 0 Å². The van der Waals surface area contributed by atoms with Crippen LogP contribution < -0.4 is 0 Å². The summed E-state index contributed by atoms with van der Waals surface area (Å²) in [5, 5.41) is 0. The molecule has 1 aliphatic heterocycles. The van der Waals surface area contributed by atoms with Crippen LogP contribution in [-0.4, -0.2) is 22.9 Å². The molecule has 1 saturated carbocycles. The van der Waals surface area contributed by atoms with E-state index >= 15 is 0 Å². The van der Waals surface area contributed by atoms with Gasteiger partial charge in [0.05, 0.1) is 0 Å². The molecule has 0 N–H and O–H groups in total. The van der Waals surface area contributed by atoms with E-state index < -0.39 is 0 Å². The molecule has 2 nitrogen and oxygen atoms in total. The number of carbonyl (C=O) groups is 1. The maximum atomic E-state index is 11.7. The van der Waals surface area contributed by atoms with Gasteiger partial charge in [-0.2, -0.15) is 0 Å². The maximum Gasteiger partial charge on any atom is 0.223 e. The van der Waals surface area contributed by atoms with Crippen LogP contribution in [0.1, 0.15) is 46.0 Å². The highest BCUT2D eigenvalue weighted by Crippen LogP contribution is 2.37. The first kappa shape index (κ1) is 9.04. The van der Waals surface area contributed by atoms with E-state index in [4.69, 9.17) is 0 Å². The summed E-state index contributed by atoms with van der Waals surface area (Å²) in [6.07, 6.45) is 6.00. The van der Waals surface area contributed by atoms with E-state index in [1.165, 1.54) is 25.7 Å². The molecule has 1 amide bonds. The smallest absolute Gasteiger partial charge is 0.223 e. The van der Waals surface area contributed by atoms with Crippen molar-refractivity contribution in [2.45, 2.75) is 58.0 Å². The lowest BCUT2D eigenvalue weighted by Crippen LogP contribution is -2.41. The van der Waals surface area contributed by atoms with Crippen molar-refractivity contribution in [3.8, 4) is 0 Å². The largest absolute Gasteiger partial charge is 0.337 e. The molecule has 0 aromatic heterocycles. The fraction of sp³-hybridized carbons (Fsp3) is 0.909. The van der Waals surface area contributed by atoms with Crippen LogP contribution in [0, 0.1) is 5.92 Å². The van der Waals surface area contributed by atoms with Crippen molar-refractivity contribution in [1.29, 1.82) is 0 Å². The lowest BCUT2D eigenvalue weighted by Gasteiger charge is -2.34. The second-order valence-corrected chi connectivity index (χ2v) is 4.71. The third-order valence-corrected chi connectivity index (χ3v) is 3.51. The van der Waals surface area contributed by atoms with Crippen LogP contribution in [0.25, 0.3) is 0 Å². The van der Waals surface area contributed by atoms with Crippen LogP contribution in [0.4, 0.5) is 0 Å². The molecule has 2 atom stereocenters. The molecular formula is C11H19NO. The van der Waals surface area contributed by atoms with Crippen LogP contribution in [-0.2, 0) is 4.79 Å². The predicted octanol–water partition coefficient (Wildman–Crippen LogP) is 2.19. The van der Waals surface area contributed by atoms with Gasteiger partial charge < -0.3 is 4.90 Å². The fourth-order valence-corrected chi connectivity index (χ4v) is 2.98. The third kappa shape index (κ3) is 1.47. The molecule has 1 aliphatic carbocycles. The van der Waals surface area contributed by atoms with Crippen molar-refractivity contribution in [3.05, 3.63) is 0 Å². The summed E-state index contributed by atoms with van der Waals surface area (Å²) >= 11 is 0. The molecule has 2 rings (SSSR count). The molecule has 0 spiro atoms. The van der Waals surface area contributed by atoms with Crippen molar-refractivity contribution in [3.63, 3.8) is 0 Å². The average Bonchev–Trinajstić information content (AvgIpc) is 2.39. The molecule has 2 heteroatoms. The van der Waals surface area contributed by atoms with Crippen LogP contribution >= 0.6 is 0 Å². The van der Waals surface area contributed by atoms with Gasteiger partial charge in [-0.1, -0.05) is 12.8 Å². The molecule has 0 aromatic carbocycles. The number of carbonyl (C=O) groups excluding carboxylic acids is 1. The van der Waals surface area contributed by atoms with E-state index in [-0.39, 0.29) is 0 Å². The molecule has 74 valence electrons. The Kier molecular flexibility index (Phi) is 2.31. The Hall–Kier alpha value is -0.530. The Morgan fingerprint density at radius 3 is 2.69 bits per heavy atom. The van der Waals surface area contributed by atoms with Gasteiger partial charge in [0, 0.05) is 18.5 Å². The Morgan fingerprint density at radius 1 is 1.31 bits per heavy atom. The van der Waals surface area contributed by atoms with Crippen LogP contribution in [0.15, 0.2) is 0 Å². The number of fused-ring (bicyclic) bond motifs is 1. The monoisotopic (exact) mass is 181 g/mol. The van der Waals surface area contributed by atoms with Crippen molar-refractivity contribution in [1.82, 2.24) is 4.90 Å². The van der Waals surface area contributed by atoms with Gasteiger partial charge in [-0.15, -0.1) is 0 Å². The highest BCUT2D eigenvalue weighted by Gasteiger charge is 2.41. The second-order valence-electron chi connectivity index (χ2n) is 4.71. The highest BCUT2D eigenvalue weighted by atomic mass is 16.2. The third-order valence-electron chi connectivity index (χ3n) is 3.51. The summed E-state index contributed by atoms with van der Waals surface area (Å²) in [6, 6.07) is 0.988. The van der Waals surface area contributed by atoms with Crippen molar-refractivity contribution >= 4 is 5.91 Å². The summed E-state index contributed by atoms with van der Waals surface area (Å²) in [7, 11) is 0. The zero-order chi connectivity index (χ0) is 9.42. The van der Waals surface area contributed by atoms with Crippen molar-refractivity contribution in [2.75, 3.05) is 0 Å². The van der Waals surface area contributed by atoms with Crippen LogP contribution in [0.5, 0.6) is 0 Å². The van der Waals surface area contributed by atoms with E-state index in [9.17, 15) is 4.79 Å². The quantitative estimate of drug-likeness (QED) is 0.607. The van der Waals surface area contributed by atoms with E-state index in [0.29, 0.717) is 23.9 Å². The highest BCUT2D eigenvalue weighted by molar-refractivity contribution is 5.79. The molecule has 1 heterocycles. The minimum absolute atomic E-state index is 0.395. The SMILES string of the molecule is CC(C)N1C(=O)CC2CCCCC21. The van der Waals surface area contributed by atoms with Gasteiger partial charge in [0.1, 0.15) is 0 Å². The van der Waals surface area contributed by atoms with Gasteiger partial charge in [-0.05, 0) is 32.6 Å². The summed E-state index contributed by atoms with van der Waals surface area (Å²) in [5.74, 6) is 1.08. The number of rotatable bonds is 1. The van der Waals surface area contributed by atoms with Crippen molar-refractivity contribution in [2.24, 2.45) is 5.92 Å². The lowest BCUT2D eigenvalue weighted by molar-refractivity contribution is -0.130. The molecular weight excluding hydrogens is 162 g/mol. The molecule has 0 bridgehead atoms. The first-order valence-corrected chi connectivity index (χ1v) is 5.51. The van der Waals surface area contributed by atoms with Crippen molar-refractivity contribution < 1.29 is 4.79 Å². The van der Waals surface area contributed by atoms with E-state index in [1.54, 1.807) is 0 Å². The Morgan fingerprint density at radius 2 is 2.00 bits per heavy atom. The minimum Gasteiger partial charge on any atom is -0.337 e. The molecule has 1 saturated heterocycles. The van der Waals surface area contributed by atoms with Gasteiger partial charge in [-0.25, -0.2) is 0 Å². The first-order valence-electron chi connectivity index (χ1n) is 5.51.